The van der Waals surface area contributed by atoms with Crippen LogP contribution in [0.4, 0.5) is 32.2 Å². The van der Waals surface area contributed by atoms with Crippen LogP contribution in [0.15, 0.2) is 304 Å². The lowest BCUT2D eigenvalue weighted by atomic mass is 10.0. The highest BCUT2D eigenvalue weighted by molar-refractivity contribution is 7.90. The van der Waals surface area contributed by atoms with Crippen molar-refractivity contribution in [3.05, 3.63) is 398 Å². The number of rotatable bonds is 22. The summed E-state index contributed by atoms with van der Waals surface area (Å²) in [6, 6.07) is 66.6. The Bertz CT molecular complexity index is 8750. The molecule has 0 radical (unpaired) electrons. The number of nitrogens with one attached hydrogen (secondary N) is 2. The van der Waals surface area contributed by atoms with E-state index >= 15 is 0 Å². The highest BCUT2D eigenvalue weighted by atomic mass is 32.2. The standard InChI is InChI=1S/C23H18FN5O.C20H16FN3O3S.C17H11FN2O3S.C17H14FNO4S.C12H11FO2.C11H13N3.C10H7FO2/c24-16-4-3-13-7-15(8-14(13)9-16)21(30)18-11-26-29(22(18)25)17-5-6-19-20(10-17)28-23(27-19)12-1-2-12;1-23(2)13-15(12-22)20(25)19-10-14-8-9-16(21)11-18(14)24(19)28(26,27)17-6-4-3-5-7-17;18-13-7-6-12-10-16(17(21)8-9-19)20(15(12)11-13)24(22,23)14-4-2-1-3-5-14;1-2-23-17(20)16-10-12-8-9-13(18)11-15(12)19(16)24(21,22)14-6-4-3-5-7-14;1-2-15-12(14)10-5-8-3-4-11(13)7-9(8)6-10;12-6-7-1-4-9-10(5-7)14-11(13-9)8-2-3-8;11-9-2-1-6-3-8(10(12)13)4-7(6)5-9/h3-7,9-12H,1-2,8,25H2,(H,27,28);3-11,13H,1-2H3;1-7,10-11H,8H2;3-11H,2H2,1H3;3-5,7H,2,6H2,1H3;1,4-5,8H,2-3,6,12H2,(H,13,14);1-3,5H,4H2,(H,12,13)/b;15-13+;;;;;. The van der Waals surface area contributed by atoms with Gasteiger partial charge in [0.2, 0.25) is 5.78 Å². The van der Waals surface area contributed by atoms with Crippen LogP contribution in [0.1, 0.15) is 150 Å². The lowest BCUT2D eigenvalue weighted by molar-refractivity contribution is -0.138. The van der Waals surface area contributed by atoms with Crippen LogP contribution >= 0.6 is 0 Å². The fourth-order valence-corrected chi connectivity index (χ4v) is 21.2. The average Bonchev–Trinajstić information content (AvgIpc) is 1.59. The highest BCUT2D eigenvalue weighted by Gasteiger charge is 2.35. The van der Waals surface area contributed by atoms with E-state index in [9.17, 15) is 85.6 Å². The molecule has 2 saturated carbocycles. The number of esters is 2. The summed E-state index contributed by atoms with van der Waals surface area (Å²) in [5, 5.41) is 32.3. The number of allylic oxidation sites excluding steroid dienone is 2. The molecule has 0 saturated heterocycles. The Morgan fingerprint density at radius 2 is 0.885 bits per heavy atom. The molecule has 0 spiro atoms. The predicted octanol–water partition coefficient (Wildman–Crippen LogP) is 19.7. The topological polar surface area (TPSA) is 436 Å². The number of aromatic amines is 2. The first-order valence-electron chi connectivity index (χ1n) is 46.2. The number of H-pyrrole nitrogens is 2. The second-order valence-corrected chi connectivity index (χ2v) is 40.1. The molecule has 6 aromatic heterocycles. The van der Waals surface area contributed by atoms with E-state index in [0.717, 1.165) is 108 Å². The number of ether oxygens (including phenoxy) is 2. The Labute approximate surface area is 843 Å². The number of nitriles is 2. The number of carbonyl (C=O) groups excluding carboxylic acids is 5. The molecule has 0 amide bonds. The summed E-state index contributed by atoms with van der Waals surface area (Å²) in [5.41, 5.74) is 24.0. The van der Waals surface area contributed by atoms with Gasteiger partial charge in [-0.2, -0.15) is 15.6 Å². The first-order valence-corrected chi connectivity index (χ1v) is 50.5. The van der Waals surface area contributed by atoms with Crippen LogP contribution in [0.5, 0.6) is 0 Å². The van der Waals surface area contributed by atoms with Gasteiger partial charge in [0.05, 0.1) is 90.0 Å². The molecule has 7 N–H and O–H groups in total. The fourth-order valence-electron chi connectivity index (χ4n) is 16.7. The van der Waals surface area contributed by atoms with Gasteiger partial charge in [0.25, 0.3) is 30.1 Å². The maximum Gasteiger partial charge on any atom is 0.356 e. The van der Waals surface area contributed by atoms with E-state index in [1.807, 2.05) is 30.3 Å². The van der Waals surface area contributed by atoms with Gasteiger partial charge in [-0.15, -0.1) is 0 Å². The number of halogens is 6. The van der Waals surface area contributed by atoms with E-state index in [0.29, 0.717) is 82.7 Å². The molecule has 29 nitrogen and oxygen atoms in total. The van der Waals surface area contributed by atoms with Gasteiger partial charge in [0, 0.05) is 90.8 Å². The molecule has 38 heteroatoms. The Hall–Kier alpha value is -17.5. The Morgan fingerprint density at radius 3 is 1.32 bits per heavy atom. The number of benzene rings is 11. The minimum absolute atomic E-state index is 0.00249. The van der Waals surface area contributed by atoms with Crippen molar-refractivity contribution in [2.75, 3.05) is 33.0 Å². The molecular weight excluding hydrogens is 1970 g/mol. The smallest absolute Gasteiger partial charge is 0.356 e. The number of hydrogen-bond donors (Lipinski definition) is 5. The van der Waals surface area contributed by atoms with Gasteiger partial charge in [0.1, 0.15) is 87.5 Å². The molecule has 6 heterocycles. The molecule has 0 unspecified atom stereocenters. The molecule has 0 atom stereocenters. The number of carbonyl (C=O) groups is 6. The number of aromatic nitrogens is 9. The fraction of sp³-hybridized carbons (Fsp3) is 0.155. The maximum atomic E-state index is 13.9. The van der Waals surface area contributed by atoms with Gasteiger partial charge in [0.15, 0.2) is 11.6 Å². The molecule has 148 heavy (non-hydrogen) atoms. The van der Waals surface area contributed by atoms with Gasteiger partial charge in [-0.1, -0.05) is 78.9 Å². The Morgan fingerprint density at radius 1 is 0.486 bits per heavy atom. The number of ketones is 3. The zero-order valence-electron chi connectivity index (χ0n) is 79.4. The van der Waals surface area contributed by atoms with Crippen molar-refractivity contribution < 1.29 is 94.9 Å². The summed E-state index contributed by atoms with van der Waals surface area (Å²) in [5.74, 6) is -2.71. The van der Waals surface area contributed by atoms with Crippen LogP contribution in [-0.2, 0) is 74.9 Å². The van der Waals surface area contributed by atoms with Crippen molar-refractivity contribution in [2.45, 2.75) is 98.3 Å². The third-order valence-electron chi connectivity index (χ3n) is 24.1. The molecule has 0 bridgehead atoms. The largest absolute Gasteiger partial charge is 0.478 e. The number of imidazole rings is 2. The van der Waals surface area contributed by atoms with Crippen molar-refractivity contribution >= 4 is 144 Å². The second kappa shape index (κ2) is 44.0. The number of carboxylic acid groups (broad SMARTS) is 1. The summed E-state index contributed by atoms with van der Waals surface area (Å²) in [6.45, 7) is 4.44. The third-order valence-corrected chi connectivity index (χ3v) is 29.3. The number of nitrogens with zero attached hydrogens (tertiary/aromatic N) is 10. The monoisotopic (exact) mass is 2060 g/mol. The number of nitrogen functional groups attached to an aromatic ring is 1. The first kappa shape index (κ1) is 103. The normalized spacial score (nSPS) is 13.2. The van der Waals surface area contributed by atoms with Crippen LogP contribution in [0.2, 0.25) is 0 Å². The summed E-state index contributed by atoms with van der Waals surface area (Å²) in [7, 11) is -9.13. The molecule has 11 aromatic carbocycles. The van der Waals surface area contributed by atoms with Gasteiger partial charge in [-0.05, 0) is 273 Å². The summed E-state index contributed by atoms with van der Waals surface area (Å²) >= 11 is 0. The molecule has 5 aliphatic rings. The van der Waals surface area contributed by atoms with Crippen LogP contribution in [-0.4, -0.2) is 139 Å². The number of anilines is 1. The van der Waals surface area contributed by atoms with Crippen molar-refractivity contribution in [1.29, 1.82) is 10.5 Å². The minimum Gasteiger partial charge on any atom is -0.478 e. The van der Waals surface area contributed by atoms with E-state index in [1.165, 1.54) is 170 Å². The Balaban J connectivity index is 0.000000126. The van der Waals surface area contributed by atoms with Gasteiger partial charge >= 0.3 is 17.9 Å². The number of aliphatic carboxylic acids is 1. The summed E-state index contributed by atoms with van der Waals surface area (Å²) < 4.78 is 172. The summed E-state index contributed by atoms with van der Waals surface area (Å²) in [6.07, 6.45) is 13.6. The average molecular weight is 2060 g/mol. The number of nitrogens with two attached hydrogens (primary N) is 2. The molecule has 17 aromatic rings. The van der Waals surface area contributed by atoms with E-state index in [-0.39, 0.29) is 95.5 Å². The van der Waals surface area contributed by atoms with Crippen molar-refractivity contribution in [1.82, 2.24) is 46.5 Å². The van der Waals surface area contributed by atoms with Crippen molar-refractivity contribution in [3.63, 3.8) is 0 Å². The number of Topliss-reactive ketones (excluding diaryl/α,β-unsaturated/α-hetero) is 3. The van der Waals surface area contributed by atoms with Crippen molar-refractivity contribution in [2.24, 2.45) is 5.73 Å². The lowest BCUT2D eigenvalue weighted by Gasteiger charge is -2.12. The number of carboxylic acids is 1. The zero-order chi connectivity index (χ0) is 105. The second-order valence-electron chi connectivity index (χ2n) is 34.7. The lowest BCUT2D eigenvalue weighted by Crippen LogP contribution is -2.20. The SMILES string of the molecule is CCOC(=O)C1=Cc2ccc(F)cc2C1.CCOC(=O)c1cc2ccc(F)cc2n1S(=O)(=O)c1ccccc1.CN(C)/C=C(\C#N)C(=O)c1cc2ccc(F)cc2n1S(=O)(=O)c1ccccc1.N#CCC(=O)c1cc2ccc(F)cc2n1S(=O)(=O)c1ccccc1.NCc1ccc2nc(C3CC3)[nH]c2c1.Nc1c(C(=O)C2=Cc3ccc(F)cc3C2)cnn1-c1ccc2nc(C3CC3)[nH]c2c1.O=C(O)C1=Cc2ccc(F)cc2C1. The molecule has 22 rings (SSSR count). The third kappa shape index (κ3) is 22.8. The number of hydrogen-bond acceptors (Lipinski definition) is 22. The van der Waals surface area contributed by atoms with Crippen LogP contribution < -0.4 is 11.5 Å². The minimum atomic E-state index is -4.21. The van der Waals surface area contributed by atoms with Crippen LogP contribution in [0, 0.1) is 57.6 Å². The predicted molar refractivity (Wildman–Crippen MR) is 543 cm³/mol. The van der Waals surface area contributed by atoms with Crippen LogP contribution in [0.3, 0.4) is 0 Å². The van der Waals surface area contributed by atoms with E-state index < -0.39 is 77.4 Å². The quantitative estimate of drug-likeness (QED) is 0.0138. The Kier molecular flexibility index (Phi) is 30.7. The van der Waals surface area contributed by atoms with Gasteiger partial charge < -0.3 is 40.9 Å². The highest BCUT2D eigenvalue weighted by Crippen LogP contribution is 2.42. The number of fused-ring (bicyclic) bond motifs is 8. The molecule has 2 fully saturated rings. The van der Waals surface area contributed by atoms with Gasteiger partial charge in [-0.3, -0.25) is 14.4 Å². The van der Waals surface area contributed by atoms with Crippen molar-refractivity contribution in [3.8, 4) is 17.8 Å². The molecular formula is C110H90F6N14O15S3. The first-order chi connectivity index (χ1) is 70.9. The van der Waals surface area contributed by atoms with E-state index in [1.54, 1.807) is 136 Å². The van der Waals surface area contributed by atoms with E-state index in [4.69, 9.17) is 31.3 Å². The van der Waals surface area contributed by atoms with Crippen LogP contribution in [0.25, 0.3) is 78.7 Å². The molecule has 0 aliphatic heterocycles. The molecule has 5 aliphatic carbocycles. The summed E-state index contributed by atoms with van der Waals surface area (Å²) in [4.78, 5) is 89.8. The molecule has 750 valence electrons. The zero-order valence-corrected chi connectivity index (χ0v) is 81.8. The van der Waals surface area contributed by atoms with E-state index in [2.05, 4.69) is 31.1 Å². The maximum absolute atomic E-state index is 13.9. The van der Waals surface area contributed by atoms with Gasteiger partial charge in [-0.25, -0.2) is 92.5 Å².